The highest BCUT2D eigenvalue weighted by atomic mass is 19.1. The number of aliphatic hydroxyl groups is 1. The first-order valence-corrected chi connectivity index (χ1v) is 7.69. The molecule has 2 aromatic rings. The summed E-state index contributed by atoms with van der Waals surface area (Å²) in [4.78, 5) is 16.4. The van der Waals surface area contributed by atoms with E-state index in [1.165, 1.54) is 18.3 Å². The summed E-state index contributed by atoms with van der Waals surface area (Å²) in [7, 11) is 0. The third kappa shape index (κ3) is 3.12. The number of aromatic nitrogens is 1. The van der Waals surface area contributed by atoms with Crippen molar-refractivity contribution in [2.24, 2.45) is 5.41 Å². The Kier molecular flexibility index (Phi) is 4.17. The summed E-state index contributed by atoms with van der Waals surface area (Å²) in [6, 6.07) is 4.26. The predicted octanol–water partition coefficient (Wildman–Crippen LogP) is 2.74. The fraction of sp³-hybridized carbons (Fsp3) is 0.412. The molecule has 1 fully saturated rings. The fourth-order valence-electron chi connectivity index (χ4n) is 2.56. The molecule has 0 bridgehead atoms. The van der Waals surface area contributed by atoms with Crippen LogP contribution in [0.1, 0.15) is 30.1 Å². The summed E-state index contributed by atoms with van der Waals surface area (Å²) in [6.45, 7) is 2.59. The van der Waals surface area contributed by atoms with Crippen LogP contribution in [0.15, 0.2) is 24.4 Å². The molecular weight excluding hydrogens is 299 g/mol. The number of hydrogen-bond acceptors (Lipinski definition) is 5. The molecule has 0 amide bonds. The van der Waals surface area contributed by atoms with Gasteiger partial charge in [0.25, 0.3) is 0 Å². The van der Waals surface area contributed by atoms with Gasteiger partial charge in [0.15, 0.2) is 0 Å². The van der Waals surface area contributed by atoms with Crippen LogP contribution in [-0.4, -0.2) is 35.8 Å². The number of nitrogens with zero attached hydrogens (tertiary/aromatic N) is 1. The molecule has 1 aromatic heterocycles. The maximum Gasteiger partial charge on any atom is 0.341 e. The molecule has 1 aromatic carbocycles. The number of nitrogens with one attached hydrogen (secondary N) is 1. The minimum Gasteiger partial charge on any atom is -0.462 e. The van der Waals surface area contributed by atoms with Crippen molar-refractivity contribution in [3.05, 3.63) is 35.8 Å². The number of benzene rings is 1. The van der Waals surface area contributed by atoms with E-state index in [1.807, 2.05) is 0 Å². The van der Waals surface area contributed by atoms with Gasteiger partial charge in [0.1, 0.15) is 11.4 Å². The largest absolute Gasteiger partial charge is 0.462 e. The number of anilines is 1. The van der Waals surface area contributed by atoms with Gasteiger partial charge in [-0.25, -0.2) is 9.18 Å². The Morgan fingerprint density at radius 3 is 2.91 bits per heavy atom. The lowest BCUT2D eigenvalue weighted by Gasteiger charge is -2.18. The van der Waals surface area contributed by atoms with Crippen molar-refractivity contribution < 1.29 is 19.0 Å². The summed E-state index contributed by atoms with van der Waals surface area (Å²) in [5, 5.41) is 13.2. The molecule has 1 heterocycles. The molecule has 0 spiro atoms. The maximum atomic E-state index is 13.6. The number of esters is 1. The molecule has 3 rings (SSSR count). The van der Waals surface area contributed by atoms with Gasteiger partial charge in [-0.05, 0) is 38.0 Å². The third-order valence-electron chi connectivity index (χ3n) is 4.26. The van der Waals surface area contributed by atoms with Crippen molar-refractivity contribution in [1.82, 2.24) is 4.98 Å². The van der Waals surface area contributed by atoms with Crippen LogP contribution < -0.4 is 5.32 Å². The Morgan fingerprint density at radius 2 is 2.26 bits per heavy atom. The smallest absolute Gasteiger partial charge is 0.341 e. The molecular formula is C17H19FN2O3. The summed E-state index contributed by atoms with van der Waals surface area (Å²) in [5.74, 6) is -0.894. The second-order valence-corrected chi connectivity index (χ2v) is 5.94. The number of carbonyl (C=O) groups is 1. The molecule has 1 saturated carbocycles. The Labute approximate surface area is 133 Å². The van der Waals surface area contributed by atoms with Gasteiger partial charge in [-0.2, -0.15) is 0 Å². The molecule has 0 atom stereocenters. The van der Waals surface area contributed by atoms with E-state index in [-0.39, 0.29) is 24.2 Å². The van der Waals surface area contributed by atoms with E-state index in [9.17, 15) is 14.3 Å². The van der Waals surface area contributed by atoms with E-state index in [0.717, 1.165) is 12.8 Å². The van der Waals surface area contributed by atoms with E-state index >= 15 is 0 Å². The minimum absolute atomic E-state index is 0.0894. The Hall–Kier alpha value is -2.21. The van der Waals surface area contributed by atoms with Crippen molar-refractivity contribution in [2.75, 3.05) is 25.1 Å². The molecule has 2 N–H and O–H groups in total. The van der Waals surface area contributed by atoms with E-state index in [0.29, 0.717) is 23.1 Å². The number of pyridine rings is 1. The molecule has 1 aliphatic rings. The van der Waals surface area contributed by atoms with E-state index in [1.54, 1.807) is 13.0 Å². The highest BCUT2D eigenvalue weighted by Crippen LogP contribution is 2.45. The molecule has 122 valence electrons. The second kappa shape index (κ2) is 6.12. The Balaban J connectivity index is 2.03. The number of fused-ring (bicyclic) bond motifs is 1. The zero-order chi connectivity index (χ0) is 16.4. The predicted molar refractivity (Wildman–Crippen MR) is 84.9 cm³/mol. The van der Waals surface area contributed by atoms with Crippen LogP contribution in [0.25, 0.3) is 10.9 Å². The van der Waals surface area contributed by atoms with Crippen LogP contribution in [0.2, 0.25) is 0 Å². The first kappa shape index (κ1) is 15.7. The van der Waals surface area contributed by atoms with Gasteiger partial charge < -0.3 is 15.2 Å². The average Bonchev–Trinajstić information content (AvgIpc) is 3.33. The topological polar surface area (TPSA) is 71.5 Å². The summed E-state index contributed by atoms with van der Waals surface area (Å²) < 4.78 is 18.7. The molecule has 6 heteroatoms. The van der Waals surface area contributed by atoms with Crippen molar-refractivity contribution >= 4 is 22.6 Å². The van der Waals surface area contributed by atoms with Gasteiger partial charge in [-0.15, -0.1) is 0 Å². The molecule has 0 saturated heterocycles. The van der Waals surface area contributed by atoms with Gasteiger partial charge in [0.2, 0.25) is 0 Å². The summed E-state index contributed by atoms with van der Waals surface area (Å²) in [5.41, 5.74) is 1.23. The van der Waals surface area contributed by atoms with Crippen molar-refractivity contribution in [3.63, 3.8) is 0 Å². The molecule has 5 nitrogen and oxygen atoms in total. The number of hydrogen-bond donors (Lipinski definition) is 2. The minimum atomic E-state index is -0.498. The van der Waals surface area contributed by atoms with Crippen LogP contribution in [0.5, 0.6) is 0 Å². The van der Waals surface area contributed by atoms with Crippen LogP contribution in [0.3, 0.4) is 0 Å². The zero-order valence-corrected chi connectivity index (χ0v) is 12.9. The van der Waals surface area contributed by atoms with Crippen molar-refractivity contribution in [3.8, 4) is 0 Å². The number of halogens is 1. The Bertz CT molecular complexity index is 744. The van der Waals surface area contributed by atoms with E-state index in [4.69, 9.17) is 4.74 Å². The standard InChI is InChI=1S/C17H19FN2O3/c1-2-23-16(22)13-8-19-14-4-3-11(18)7-12(14)15(13)20-9-17(10-21)5-6-17/h3-4,7-8,21H,2,5-6,9-10H2,1H3,(H,19,20). The second-order valence-electron chi connectivity index (χ2n) is 5.94. The maximum absolute atomic E-state index is 13.6. The van der Waals surface area contributed by atoms with Crippen LogP contribution in [0, 0.1) is 11.2 Å². The van der Waals surface area contributed by atoms with Gasteiger partial charge in [0.05, 0.1) is 24.4 Å². The van der Waals surface area contributed by atoms with Crippen LogP contribution >= 0.6 is 0 Å². The van der Waals surface area contributed by atoms with Crippen molar-refractivity contribution in [1.29, 1.82) is 0 Å². The lowest BCUT2D eigenvalue weighted by Crippen LogP contribution is -2.21. The SMILES string of the molecule is CCOC(=O)c1cnc2ccc(F)cc2c1NCC1(CO)CC1. The number of carbonyl (C=O) groups excluding carboxylic acids is 1. The normalized spacial score (nSPS) is 15.4. The highest BCUT2D eigenvalue weighted by molar-refractivity contribution is 6.04. The van der Waals surface area contributed by atoms with Crippen molar-refractivity contribution in [2.45, 2.75) is 19.8 Å². The number of rotatable bonds is 6. The molecule has 1 aliphatic carbocycles. The van der Waals surface area contributed by atoms with Crippen LogP contribution in [0.4, 0.5) is 10.1 Å². The zero-order valence-electron chi connectivity index (χ0n) is 12.9. The first-order valence-electron chi connectivity index (χ1n) is 7.69. The highest BCUT2D eigenvalue weighted by Gasteiger charge is 2.42. The monoisotopic (exact) mass is 318 g/mol. The first-order chi connectivity index (χ1) is 11.1. The van der Waals surface area contributed by atoms with Crippen LogP contribution in [-0.2, 0) is 4.74 Å². The lowest BCUT2D eigenvalue weighted by atomic mass is 10.1. The molecule has 0 radical (unpaired) electrons. The molecule has 0 unspecified atom stereocenters. The van der Waals surface area contributed by atoms with E-state index in [2.05, 4.69) is 10.3 Å². The lowest BCUT2D eigenvalue weighted by molar-refractivity contribution is 0.0527. The van der Waals surface area contributed by atoms with Gasteiger partial charge in [0, 0.05) is 23.5 Å². The molecule has 23 heavy (non-hydrogen) atoms. The summed E-state index contributed by atoms with van der Waals surface area (Å²) >= 11 is 0. The van der Waals surface area contributed by atoms with Gasteiger partial charge in [-0.1, -0.05) is 0 Å². The quantitative estimate of drug-likeness (QED) is 0.801. The average molecular weight is 318 g/mol. The third-order valence-corrected chi connectivity index (χ3v) is 4.26. The summed E-state index contributed by atoms with van der Waals surface area (Å²) in [6.07, 6.45) is 3.31. The fourth-order valence-corrected chi connectivity index (χ4v) is 2.56. The van der Waals surface area contributed by atoms with Gasteiger partial charge >= 0.3 is 5.97 Å². The van der Waals surface area contributed by atoms with E-state index < -0.39 is 11.8 Å². The number of ether oxygens (including phenoxy) is 1. The molecule has 0 aliphatic heterocycles. The Morgan fingerprint density at radius 1 is 1.48 bits per heavy atom. The number of aliphatic hydroxyl groups excluding tert-OH is 1. The van der Waals surface area contributed by atoms with Gasteiger partial charge in [-0.3, -0.25) is 4.98 Å².